The topological polar surface area (TPSA) is 47.7 Å². The van der Waals surface area contributed by atoms with E-state index in [4.69, 9.17) is 0 Å². The van der Waals surface area contributed by atoms with Crippen molar-refractivity contribution in [2.45, 2.75) is 39.3 Å². The van der Waals surface area contributed by atoms with Crippen molar-refractivity contribution in [1.29, 1.82) is 0 Å². The van der Waals surface area contributed by atoms with Crippen LogP contribution in [0, 0.1) is 5.92 Å². The Morgan fingerprint density at radius 2 is 2.35 bits per heavy atom. The van der Waals surface area contributed by atoms with E-state index < -0.39 is 0 Å². The van der Waals surface area contributed by atoms with E-state index in [1.54, 1.807) is 0 Å². The zero-order valence-corrected chi connectivity index (χ0v) is 12.1. The Kier molecular flexibility index (Phi) is 4.16. The van der Waals surface area contributed by atoms with E-state index in [0.29, 0.717) is 0 Å². The molecule has 1 unspecified atom stereocenters. The fourth-order valence-electron chi connectivity index (χ4n) is 2.90. The van der Waals surface area contributed by atoms with Gasteiger partial charge in [-0.2, -0.15) is 5.10 Å². The number of nitrogens with one attached hydrogen (secondary N) is 1. The molecule has 2 aromatic heterocycles. The highest BCUT2D eigenvalue weighted by atomic mass is 15.3. The van der Waals surface area contributed by atoms with Crippen molar-refractivity contribution in [3.05, 3.63) is 24.9 Å². The first-order chi connectivity index (χ1) is 9.86. The number of aryl methyl sites for hydroxylation is 2. The van der Waals surface area contributed by atoms with E-state index in [1.165, 1.54) is 31.5 Å². The molecular formula is C15H23N5. The van der Waals surface area contributed by atoms with Crippen LogP contribution in [0.1, 0.15) is 26.2 Å². The lowest BCUT2D eigenvalue weighted by molar-refractivity contribution is 0.342. The molecule has 0 radical (unpaired) electrons. The Hall–Kier alpha value is -1.62. The molecule has 1 aliphatic heterocycles. The minimum absolute atomic E-state index is 0.803. The fraction of sp³-hybridized carbons (Fsp3) is 0.600. The van der Waals surface area contributed by atoms with Gasteiger partial charge in [0.05, 0.1) is 24.4 Å². The van der Waals surface area contributed by atoms with Gasteiger partial charge >= 0.3 is 0 Å². The zero-order chi connectivity index (χ0) is 13.8. The molecule has 5 heteroatoms. The zero-order valence-electron chi connectivity index (χ0n) is 12.1. The summed E-state index contributed by atoms with van der Waals surface area (Å²) in [5.74, 6) is 0.803. The first-order valence-electron chi connectivity index (χ1n) is 7.60. The Labute approximate surface area is 120 Å². The van der Waals surface area contributed by atoms with Gasteiger partial charge in [-0.3, -0.25) is 4.68 Å². The molecule has 0 saturated carbocycles. The van der Waals surface area contributed by atoms with Crippen LogP contribution in [0.2, 0.25) is 0 Å². The van der Waals surface area contributed by atoms with Crippen LogP contribution < -0.4 is 5.32 Å². The van der Waals surface area contributed by atoms with E-state index in [9.17, 15) is 0 Å². The molecule has 1 atom stereocenters. The lowest BCUT2D eigenvalue weighted by atomic mass is 9.96. The molecular weight excluding hydrogens is 250 g/mol. The lowest BCUT2D eigenvalue weighted by Gasteiger charge is -2.23. The van der Waals surface area contributed by atoms with Gasteiger partial charge in [-0.1, -0.05) is 0 Å². The average molecular weight is 273 g/mol. The maximum Gasteiger partial charge on any atom is 0.0950 e. The summed E-state index contributed by atoms with van der Waals surface area (Å²) in [6.07, 6.45) is 11.8. The van der Waals surface area contributed by atoms with Crippen LogP contribution >= 0.6 is 0 Å². The lowest BCUT2D eigenvalue weighted by Crippen LogP contribution is -2.30. The SMILES string of the molecule is CCn1cc(-c2cncn2CCC2CCCNC2)cn1. The summed E-state index contributed by atoms with van der Waals surface area (Å²) in [4.78, 5) is 4.31. The van der Waals surface area contributed by atoms with Crippen LogP contribution in [0.5, 0.6) is 0 Å². The van der Waals surface area contributed by atoms with E-state index >= 15 is 0 Å². The van der Waals surface area contributed by atoms with Crippen molar-refractivity contribution in [2.24, 2.45) is 5.92 Å². The molecule has 0 spiro atoms. The van der Waals surface area contributed by atoms with Crippen LogP contribution in [-0.4, -0.2) is 32.4 Å². The Bertz CT molecular complexity index is 536. The minimum atomic E-state index is 0.803. The van der Waals surface area contributed by atoms with Gasteiger partial charge < -0.3 is 9.88 Å². The quantitative estimate of drug-likeness (QED) is 0.908. The number of imidazole rings is 1. The number of rotatable bonds is 5. The second-order valence-corrected chi connectivity index (χ2v) is 5.56. The third kappa shape index (κ3) is 2.93. The summed E-state index contributed by atoms with van der Waals surface area (Å²) in [6.45, 7) is 6.39. The highest BCUT2D eigenvalue weighted by Gasteiger charge is 2.14. The largest absolute Gasteiger partial charge is 0.331 e. The fourth-order valence-corrected chi connectivity index (χ4v) is 2.90. The molecule has 0 aromatic carbocycles. The van der Waals surface area contributed by atoms with Gasteiger partial charge in [-0.05, 0) is 45.2 Å². The van der Waals surface area contributed by atoms with E-state index in [-0.39, 0.29) is 0 Å². The Balaban J connectivity index is 1.66. The third-order valence-corrected chi connectivity index (χ3v) is 4.14. The van der Waals surface area contributed by atoms with Crippen molar-refractivity contribution < 1.29 is 0 Å². The van der Waals surface area contributed by atoms with Gasteiger partial charge in [-0.15, -0.1) is 0 Å². The summed E-state index contributed by atoms with van der Waals surface area (Å²) in [5.41, 5.74) is 2.33. The predicted octanol–water partition coefficient (Wildman–Crippen LogP) is 2.16. The molecule has 2 aromatic rings. The predicted molar refractivity (Wildman–Crippen MR) is 79.3 cm³/mol. The maximum atomic E-state index is 4.35. The van der Waals surface area contributed by atoms with Crippen molar-refractivity contribution in [3.8, 4) is 11.3 Å². The number of aromatic nitrogens is 4. The molecule has 3 rings (SSSR count). The highest BCUT2D eigenvalue weighted by Crippen LogP contribution is 2.21. The second-order valence-electron chi connectivity index (χ2n) is 5.56. The summed E-state index contributed by atoms with van der Waals surface area (Å²) in [7, 11) is 0. The average Bonchev–Trinajstić information content (AvgIpc) is 3.14. The summed E-state index contributed by atoms with van der Waals surface area (Å²) in [6, 6.07) is 0. The normalized spacial score (nSPS) is 19.4. The number of hydrogen-bond acceptors (Lipinski definition) is 3. The van der Waals surface area contributed by atoms with E-state index in [1.807, 2.05) is 23.4 Å². The molecule has 1 saturated heterocycles. The van der Waals surface area contributed by atoms with Crippen molar-refractivity contribution in [2.75, 3.05) is 13.1 Å². The molecule has 1 N–H and O–H groups in total. The van der Waals surface area contributed by atoms with Crippen molar-refractivity contribution in [3.63, 3.8) is 0 Å². The molecule has 108 valence electrons. The molecule has 1 aliphatic rings. The van der Waals surface area contributed by atoms with E-state index in [0.717, 1.165) is 31.1 Å². The Morgan fingerprint density at radius 1 is 1.40 bits per heavy atom. The molecule has 0 amide bonds. The molecule has 5 nitrogen and oxygen atoms in total. The summed E-state index contributed by atoms with van der Waals surface area (Å²) in [5, 5.41) is 7.83. The first-order valence-corrected chi connectivity index (χ1v) is 7.60. The van der Waals surface area contributed by atoms with Crippen LogP contribution in [0.4, 0.5) is 0 Å². The molecule has 0 aliphatic carbocycles. The Morgan fingerprint density at radius 3 is 3.10 bits per heavy atom. The van der Waals surface area contributed by atoms with Crippen LogP contribution in [0.25, 0.3) is 11.3 Å². The minimum Gasteiger partial charge on any atom is -0.331 e. The van der Waals surface area contributed by atoms with E-state index in [2.05, 4.69) is 33.1 Å². The molecule has 20 heavy (non-hydrogen) atoms. The monoisotopic (exact) mass is 273 g/mol. The molecule has 1 fully saturated rings. The number of piperidine rings is 1. The smallest absolute Gasteiger partial charge is 0.0950 e. The van der Waals surface area contributed by atoms with Crippen molar-refractivity contribution >= 4 is 0 Å². The van der Waals surface area contributed by atoms with Gasteiger partial charge in [0.2, 0.25) is 0 Å². The third-order valence-electron chi connectivity index (χ3n) is 4.14. The number of nitrogens with zero attached hydrogens (tertiary/aromatic N) is 4. The standard InChI is InChI=1S/C15H23N5/c1-2-20-11-14(9-18-20)15-10-17-12-19(15)7-5-13-4-3-6-16-8-13/h9-13,16H,2-8H2,1H3. The van der Waals surface area contributed by atoms with Crippen LogP contribution in [-0.2, 0) is 13.1 Å². The highest BCUT2D eigenvalue weighted by molar-refractivity contribution is 5.56. The summed E-state index contributed by atoms with van der Waals surface area (Å²) < 4.78 is 4.21. The molecule has 0 bridgehead atoms. The van der Waals surface area contributed by atoms with Gasteiger partial charge in [0.25, 0.3) is 0 Å². The second kappa shape index (κ2) is 6.22. The van der Waals surface area contributed by atoms with Crippen molar-refractivity contribution in [1.82, 2.24) is 24.6 Å². The maximum absolute atomic E-state index is 4.35. The van der Waals surface area contributed by atoms with Crippen LogP contribution in [0.3, 0.4) is 0 Å². The number of hydrogen-bond donors (Lipinski definition) is 1. The van der Waals surface area contributed by atoms with Gasteiger partial charge in [-0.25, -0.2) is 4.98 Å². The molecule has 3 heterocycles. The van der Waals surface area contributed by atoms with Gasteiger partial charge in [0, 0.05) is 24.8 Å². The van der Waals surface area contributed by atoms with Crippen LogP contribution in [0.15, 0.2) is 24.9 Å². The van der Waals surface area contributed by atoms with Gasteiger partial charge in [0.15, 0.2) is 0 Å². The van der Waals surface area contributed by atoms with Gasteiger partial charge in [0.1, 0.15) is 0 Å². The first kappa shape index (κ1) is 13.4. The summed E-state index contributed by atoms with van der Waals surface area (Å²) >= 11 is 0.